The molecule has 0 aliphatic carbocycles. The third kappa shape index (κ3) is 4.12. The van der Waals surface area contributed by atoms with Crippen LogP contribution in [0.25, 0.3) is 0 Å². The van der Waals surface area contributed by atoms with Crippen LogP contribution in [0.15, 0.2) is 49.2 Å². The van der Waals surface area contributed by atoms with Crippen LogP contribution in [0.4, 0.5) is 5.82 Å². The van der Waals surface area contributed by atoms with E-state index in [4.69, 9.17) is 0 Å². The van der Waals surface area contributed by atoms with E-state index in [0.717, 1.165) is 11.4 Å². The molecule has 1 aliphatic heterocycles. The Morgan fingerprint density at radius 2 is 2.11 bits per heavy atom. The van der Waals surface area contributed by atoms with Gasteiger partial charge < -0.3 is 15.3 Å². The first-order chi connectivity index (χ1) is 13.7. The zero-order valence-electron chi connectivity index (χ0n) is 15.1. The zero-order valence-corrected chi connectivity index (χ0v) is 15.1. The van der Waals surface area contributed by atoms with E-state index >= 15 is 0 Å². The number of tetrazole rings is 1. The number of benzene rings is 1. The highest BCUT2D eigenvalue weighted by molar-refractivity contribution is 5.94. The van der Waals surface area contributed by atoms with E-state index in [0.29, 0.717) is 31.6 Å². The second-order valence-corrected chi connectivity index (χ2v) is 6.65. The number of aliphatic hydroxyl groups excluding tert-OH is 1. The number of aromatic nitrogens is 6. The van der Waals surface area contributed by atoms with Gasteiger partial charge in [0, 0.05) is 31.0 Å². The third-order valence-electron chi connectivity index (χ3n) is 4.72. The number of hydrogen-bond donors (Lipinski definition) is 2. The standard InChI is InChI=1S/C18H20N8O2/c27-16-11-25(17-9-19-6-7-20-17)8-5-15(16)22-18(28)14-3-1-13(2-4-14)10-26-12-21-23-24-26/h1-4,6-7,9,12,15-16,27H,5,8,10-11H2,(H,22,28)/t15-,16-/m1/s1. The summed E-state index contributed by atoms with van der Waals surface area (Å²) in [6, 6.07) is 6.95. The van der Waals surface area contributed by atoms with Crippen LogP contribution in [0.1, 0.15) is 22.3 Å². The zero-order chi connectivity index (χ0) is 19.3. The molecule has 2 aromatic heterocycles. The van der Waals surface area contributed by atoms with Crippen LogP contribution in [0.5, 0.6) is 0 Å². The Kier molecular flexibility index (Phi) is 5.20. The summed E-state index contributed by atoms with van der Waals surface area (Å²) in [5, 5.41) is 24.4. The topological polar surface area (TPSA) is 122 Å². The fraction of sp³-hybridized carbons (Fsp3) is 0.333. The van der Waals surface area contributed by atoms with E-state index in [2.05, 4.69) is 30.8 Å². The number of nitrogens with one attached hydrogen (secondary N) is 1. The summed E-state index contributed by atoms with van der Waals surface area (Å²) < 4.78 is 1.61. The van der Waals surface area contributed by atoms with Crippen LogP contribution in [0.3, 0.4) is 0 Å². The summed E-state index contributed by atoms with van der Waals surface area (Å²) in [5.74, 6) is 0.524. The number of aliphatic hydroxyl groups is 1. The highest BCUT2D eigenvalue weighted by atomic mass is 16.3. The molecular weight excluding hydrogens is 360 g/mol. The largest absolute Gasteiger partial charge is 0.389 e. The summed E-state index contributed by atoms with van der Waals surface area (Å²) in [6.45, 7) is 1.62. The van der Waals surface area contributed by atoms with Crippen molar-refractivity contribution in [2.75, 3.05) is 18.0 Å². The Balaban J connectivity index is 1.33. The maximum Gasteiger partial charge on any atom is 0.251 e. The molecule has 0 spiro atoms. The first-order valence-corrected chi connectivity index (χ1v) is 8.98. The number of hydrogen-bond acceptors (Lipinski definition) is 8. The van der Waals surface area contributed by atoms with E-state index in [-0.39, 0.29) is 11.9 Å². The molecule has 10 nitrogen and oxygen atoms in total. The van der Waals surface area contributed by atoms with Crippen LogP contribution in [0.2, 0.25) is 0 Å². The molecular formula is C18H20N8O2. The SMILES string of the molecule is O=C(N[C@@H]1CCN(c2cnccn2)C[C@H]1O)c1ccc(Cn2cnnn2)cc1. The summed E-state index contributed by atoms with van der Waals surface area (Å²) in [4.78, 5) is 22.8. The maximum absolute atomic E-state index is 12.5. The monoisotopic (exact) mass is 380 g/mol. The number of piperidine rings is 1. The molecule has 144 valence electrons. The molecule has 0 saturated carbocycles. The summed E-state index contributed by atoms with van der Waals surface area (Å²) in [7, 11) is 0. The number of amides is 1. The smallest absolute Gasteiger partial charge is 0.251 e. The van der Waals surface area contributed by atoms with E-state index in [1.165, 1.54) is 6.33 Å². The number of carbonyl (C=O) groups excluding carboxylic acids is 1. The molecule has 1 fully saturated rings. The van der Waals surface area contributed by atoms with Gasteiger partial charge >= 0.3 is 0 Å². The summed E-state index contributed by atoms with van der Waals surface area (Å²) in [5.41, 5.74) is 1.53. The number of anilines is 1. The Labute approximate surface area is 161 Å². The molecule has 3 heterocycles. The van der Waals surface area contributed by atoms with Gasteiger partial charge in [-0.15, -0.1) is 5.10 Å². The molecule has 1 saturated heterocycles. The van der Waals surface area contributed by atoms with Crippen molar-refractivity contribution in [1.82, 2.24) is 35.5 Å². The van der Waals surface area contributed by atoms with E-state index in [1.54, 1.807) is 35.4 Å². The van der Waals surface area contributed by atoms with Gasteiger partial charge in [0.15, 0.2) is 0 Å². The van der Waals surface area contributed by atoms with E-state index < -0.39 is 6.10 Å². The molecule has 0 bridgehead atoms. The van der Waals surface area contributed by atoms with Gasteiger partial charge in [0.2, 0.25) is 0 Å². The molecule has 4 rings (SSSR count). The van der Waals surface area contributed by atoms with Crippen molar-refractivity contribution in [3.63, 3.8) is 0 Å². The van der Waals surface area contributed by atoms with Crippen LogP contribution in [-0.2, 0) is 6.54 Å². The molecule has 1 amide bonds. The van der Waals surface area contributed by atoms with E-state index in [9.17, 15) is 9.90 Å². The van der Waals surface area contributed by atoms with Gasteiger partial charge in [0.25, 0.3) is 5.91 Å². The number of nitrogens with zero attached hydrogens (tertiary/aromatic N) is 7. The molecule has 1 aliphatic rings. The second-order valence-electron chi connectivity index (χ2n) is 6.65. The molecule has 3 aromatic rings. The first kappa shape index (κ1) is 18.0. The van der Waals surface area contributed by atoms with Crippen molar-refractivity contribution in [2.24, 2.45) is 0 Å². The first-order valence-electron chi connectivity index (χ1n) is 8.98. The van der Waals surface area contributed by atoms with Gasteiger partial charge in [-0.05, 0) is 34.5 Å². The average Bonchev–Trinajstić information content (AvgIpc) is 3.24. The lowest BCUT2D eigenvalue weighted by Crippen LogP contribution is -2.54. The van der Waals surface area contributed by atoms with Gasteiger partial charge in [-0.2, -0.15) is 0 Å². The Bertz CT molecular complexity index is 901. The van der Waals surface area contributed by atoms with Crippen LogP contribution >= 0.6 is 0 Å². The summed E-state index contributed by atoms with van der Waals surface area (Å²) >= 11 is 0. The van der Waals surface area contributed by atoms with Crippen LogP contribution in [-0.4, -0.2) is 66.4 Å². The Morgan fingerprint density at radius 3 is 2.79 bits per heavy atom. The minimum absolute atomic E-state index is 0.203. The molecule has 10 heteroatoms. The van der Waals surface area contributed by atoms with Crippen molar-refractivity contribution in [3.05, 3.63) is 60.3 Å². The molecule has 2 atom stereocenters. The van der Waals surface area contributed by atoms with Crippen molar-refractivity contribution in [2.45, 2.75) is 25.1 Å². The number of carbonyl (C=O) groups is 1. The summed E-state index contributed by atoms with van der Waals surface area (Å²) in [6.07, 6.45) is 6.39. The van der Waals surface area contributed by atoms with Crippen molar-refractivity contribution < 1.29 is 9.90 Å². The van der Waals surface area contributed by atoms with Crippen molar-refractivity contribution in [3.8, 4) is 0 Å². The van der Waals surface area contributed by atoms with Crippen LogP contribution in [0, 0.1) is 0 Å². The predicted octanol–water partition coefficient (Wildman–Crippen LogP) is -0.119. The van der Waals surface area contributed by atoms with Gasteiger partial charge in [-0.25, -0.2) is 9.67 Å². The molecule has 1 aromatic carbocycles. The molecule has 2 N–H and O–H groups in total. The normalized spacial score (nSPS) is 19.4. The number of β-amino-alcohol motifs (C(OH)–C–C–N with tert-alkyl or cyclic N) is 1. The lowest BCUT2D eigenvalue weighted by Gasteiger charge is -2.36. The quantitative estimate of drug-likeness (QED) is 0.628. The lowest BCUT2D eigenvalue weighted by molar-refractivity contribution is 0.0797. The Hall–Kier alpha value is -3.40. The van der Waals surface area contributed by atoms with Gasteiger partial charge in [0.05, 0.1) is 24.9 Å². The van der Waals surface area contributed by atoms with Gasteiger partial charge in [-0.1, -0.05) is 12.1 Å². The maximum atomic E-state index is 12.5. The average molecular weight is 380 g/mol. The second kappa shape index (κ2) is 8.09. The number of rotatable bonds is 5. The predicted molar refractivity (Wildman–Crippen MR) is 99.5 cm³/mol. The minimum atomic E-state index is -0.682. The van der Waals surface area contributed by atoms with Gasteiger partial charge in [0.1, 0.15) is 12.1 Å². The minimum Gasteiger partial charge on any atom is -0.389 e. The van der Waals surface area contributed by atoms with Crippen molar-refractivity contribution in [1.29, 1.82) is 0 Å². The van der Waals surface area contributed by atoms with Crippen molar-refractivity contribution >= 4 is 11.7 Å². The highest BCUT2D eigenvalue weighted by Crippen LogP contribution is 2.17. The lowest BCUT2D eigenvalue weighted by atomic mass is 10.0. The molecule has 28 heavy (non-hydrogen) atoms. The highest BCUT2D eigenvalue weighted by Gasteiger charge is 2.29. The molecule has 0 radical (unpaired) electrons. The van der Waals surface area contributed by atoms with Gasteiger partial charge in [-0.3, -0.25) is 9.78 Å². The fourth-order valence-corrected chi connectivity index (χ4v) is 3.22. The fourth-order valence-electron chi connectivity index (χ4n) is 3.22. The third-order valence-corrected chi connectivity index (χ3v) is 4.72. The van der Waals surface area contributed by atoms with Crippen LogP contribution < -0.4 is 10.2 Å². The Morgan fingerprint density at radius 1 is 1.25 bits per heavy atom. The molecule has 0 unspecified atom stereocenters. The van der Waals surface area contributed by atoms with E-state index in [1.807, 2.05) is 17.0 Å².